The van der Waals surface area contributed by atoms with Crippen LogP contribution < -0.4 is 0 Å². The summed E-state index contributed by atoms with van der Waals surface area (Å²) in [5.74, 6) is -0.0998. The van der Waals surface area contributed by atoms with Crippen LogP contribution >= 0.6 is 0 Å². The quantitative estimate of drug-likeness (QED) is 0.771. The van der Waals surface area contributed by atoms with Gasteiger partial charge in [0.1, 0.15) is 0 Å². The van der Waals surface area contributed by atoms with E-state index in [0.29, 0.717) is 5.69 Å². The lowest BCUT2D eigenvalue weighted by Crippen LogP contribution is -2.36. The third-order valence-electron chi connectivity index (χ3n) is 2.13. The number of aromatic nitrogens is 1. The van der Waals surface area contributed by atoms with E-state index in [1.165, 1.54) is 18.4 Å². The van der Waals surface area contributed by atoms with Crippen LogP contribution in [0.3, 0.4) is 0 Å². The highest BCUT2D eigenvalue weighted by atomic mass is 16.5. The van der Waals surface area contributed by atoms with Gasteiger partial charge in [0.15, 0.2) is 6.39 Å². The van der Waals surface area contributed by atoms with Gasteiger partial charge in [0.25, 0.3) is 5.91 Å². The van der Waals surface area contributed by atoms with Crippen LogP contribution in [-0.4, -0.2) is 54.3 Å². The largest absolute Gasteiger partial charge is 0.438 e. The number of nitrogens with zero attached hydrogens (tertiary/aromatic N) is 2. The zero-order valence-electron chi connectivity index (χ0n) is 9.64. The zero-order chi connectivity index (χ0) is 12.1. The van der Waals surface area contributed by atoms with Crippen LogP contribution in [-0.2, 0) is 4.74 Å². The van der Waals surface area contributed by atoms with Gasteiger partial charge >= 0.3 is 0 Å². The highest BCUT2D eigenvalue weighted by molar-refractivity contribution is 5.92. The second-order valence-corrected chi connectivity index (χ2v) is 3.56. The molecule has 1 heterocycles. The van der Waals surface area contributed by atoms with Gasteiger partial charge in [-0.25, -0.2) is 4.98 Å². The van der Waals surface area contributed by atoms with Gasteiger partial charge in [0.2, 0.25) is 5.76 Å². The van der Waals surface area contributed by atoms with E-state index in [-0.39, 0.29) is 24.8 Å². The maximum absolute atomic E-state index is 11.8. The van der Waals surface area contributed by atoms with Crippen LogP contribution in [0.1, 0.15) is 16.2 Å². The number of carbonyl (C=O) groups excluding carboxylic acids is 1. The Balaban J connectivity index is 2.58. The molecule has 1 amide bonds. The fraction of sp³-hybridized carbons (Fsp3) is 0.600. The van der Waals surface area contributed by atoms with E-state index in [0.717, 1.165) is 0 Å². The molecule has 1 aromatic rings. The average molecular weight is 228 g/mol. The van der Waals surface area contributed by atoms with Crippen LogP contribution in [0.25, 0.3) is 0 Å². The Morgan fingerprint density at radius 1 is 1.75 bits per heavy atom. The van der Waals surface area contributed by atoms with Crippen LogP contribution in [0.5, 0.6) is 0 Å². The first-order chi connectivity index (χ1) is 7.56. The Morgan fingerprint density at radius 2 is 2.44 bits per heavy atom. The number of oxazole rings is 1. The molecule has 1 unspecified atom stereocenters. The minimum atomic E-state index is -0.706. The normalized spacial score (nSPS) is 12.5. The van der Waals surface area contributed by atoms with E-state index < -0.39 is 6.10 Å². The molecule has 0 aliphatic rings. The lowest BCUT2D eigenvalue weighted by Gasteiger charge is -2.19. The Labute approximate surface area is 93.8 Å². The molecule has 1 N–H and O–H groups in total. The maximum Gasteiger partial charge on any atom is 0.291 e. The van der Waals surface area contributed by atoms with Gasteiger partial charge < -0.3 is 19.2 Å². The van der Waals surface area contributed by atoms with Crippen LogP contribution in [0.4, 0.5) is 0 Å². The average Bonchev–Trinajstić information content (AvgIpc) is 2.63. The molecule has 0 aliphatic heterocycles. The molecule has 0 aromatic carbocycles. The van der Waals surface area contributed by atoms with Crippen molar-refractivity contribution < 1.29 is 19.1 Å². The second-order valence-electron chi connectivity index (χ2n) is 3.56. The molecule has 0 spiro atoms. The molecule has 1 rings (SSSR count). The summed E-state index contributed by atoms with van der Waals surface area (Å²) in [7, 11) is 3.08. The van der Waals surface area contributed by atoms with E-state index in [1.807, 2.05) is 0 Å². The second kappa shape index (κ2) is 5.62. The van der Waals surface area contributed by atoms with Crippen molar-refractivity contribution in [1.82, 2.24) is 9.88 Å². The van der Waals surface area contributed by atoms with Gasteiger partial charge in [-0.3, -0.25) is 4.79 Å². The molecular weight excluding hydrogens is 212 g/mol. The summed E-state index contributed by atoms with van der Waals surface area (Å²) >= 11 is 0. The first-order valence-electron chi connectivity index (χ1n) is 4.88. The first-order valence-corrected chi connectivity index (χ1v) is 4.88. The topological polar surface area (TPSA) is 75.8 Å². The smallest absolute Gasteiger partial charge is 0.291 e. The fourth-order valence-electron chi connectivity index (χ4n) is 1.32. The molecule has 16 heavy (non-hydrogen) atoms. The van der Waals surface area contributed by atoms with E-state index >= 15 is 0 Å². The number of ether oxygens (including phenoxy) is 1. The van der Waals surface area contributed by atoms with Gasteiger partial charge in [0.05, 0.1) is 18.4 Å². The molecule has 1 atom stereocenters. The zero-order valence-corrected chi connectivity index (χ0v) is 9.64. The van der Waals surface area contributed by atoms with Crippen molar-refractivity contribution in [3.05, 3.63) is 17.8 Å². The van der Waals surface area contributed by atoms with Crippen molar-refractivity contribution in [3.63, 3.8) is 0 Å². The molecular formula is C10H16N2O4. The van der Waals surface area contributed by atoms with E-state index in [2.05, 4.69) is 4.98 Å². The Hall–Kier alpha value is -1.40. The van der Waals surface area contributed by atoms with Gasteiger partial charge in [-0.2, -0.15) is 0 Å². The summed E-state index contributed by atoms with van der Waals surface area (Å²) in [5.41, 5.74) is 0.540. The number of likely N-dealkylation sites (N-methyl/N-ethyl adjacent to an activating group) is 1. The summed E-state index contributed by atoms with van der Waals surface area (Å²) in [5, 5.41) is 9.47. The summed E-state index contributed by atoms with van der Waals surface area (Å²) < 4.78 is 9.75. The van der Waals surface area contributed by atoms with Crippen molar-refractivity contribution >= 4 is 5.91 Å². The monoisotopic (exact) mass is 228 g/mol. The van der Waals surface area contributed by atoms with Gasteiger partial charge in [-0.15, -0.1) is 0 Å². The molecule has 0 radical (unpaired) electrons. The van der Waals surface area contributed by atoms with Crippen molar-refractivity contribution in [3.8, 4) is 0 Å². The molecule has 6 nitrogen and oxygen atoms in total. The highest BCUT2D eigenvalue weighted by Crippen LogP contribution is 2.08. The predicted octanol–water partition coefficient (Wildman–Crippen LogP) is 0.0623. The van der Waals surface area contributed by atoms with Crippen molar-refractivity contribution in [2.45, 2.75) is 13.0 Å². The molecule has 0 saturated carbocycles. The number of hydrogen-bond acceptors (Lipinski definition) is 5. The number of methoxy groups -OCH3 is 1. The minimum Gasteiger partial charge on any atom is -0.438 e. The van der Waals surface area contributed by atoms with Crippen molar-refractivity contribution in [2.75, 3.05) is 27.3 Å². The number of carbonyl (C=O) groups is 1. The summed E-state index contributed by atoms with van der Waals surface area (Å²) in [4.78, 5) is 17.0. The SMILES string of the molecule is COCC(O)CN(C)C(=O)c1ocnc1C. The molecule has 90 valence electrons. The number of aliphatic hydroxyl groups excluding tert-OH is 1. The molecule has 1 aromatic heterocycles. The molecule has 0 bridgehead atoms. The van der Waals surface area contributed by atoms with Crippen molar-refractivity contribution in [1.29, 1.82) is 0 Å². The summed E-state index contributed by atoms with van der Waals surface area (Å²) in [6, 6.07) is 0. The molecule has 0 saturated heterocycles. The standard InChI is InChI=1S/C10H16N2O4/c1-7-9(16-6-11-7)10(14)12(2)4-8(13)5-15-3/h6,8,13H,4-5H2,1-3H3. The number of aliphatic hydroxyl groups is 1. The van der Waals surface area contributed by atoms with Crippen LogP contribution in [0, 0.1) is 6.92 Å². The number of hydrogen-bond donors (Lipinski definition) is 1. The number of aryl methyl sites for hydroxylation is 1. The van der Waals surface area contributed by atoms with Gasteiger partial charge in [-0.05, 0) is 6.92 Å². The third kappa shape index (κ3) is 3.04. The van der Waals surface area contributed by atoms with E-state index in [9.17, 15) is 9.90 Å². The Kier molecular flexibility index (Phi) is 4.45. The molecule has 0 aliphatic carbocycles. The van der Waals surface area contributed by atoms with E-state index in [1.54, 1.807) is 14.0 Å². The number of rotatable bonds is 5. The van der Waals surface area contributed by atoms with Crippen molar-refractivity contribution in [2.24, 2.45) is 0 Å². The maximum atomic E-state index is 11.8. The lowest BCUT2D eigenvalue weighted by atomic mass is 10.3. The Morgan fingerprint density at radius 3 is 2.94 bits per heavy atom. The fourth-order valence-corrected chi connectivity index (χ4v) is 1.32. The first kappa shape index (κ1) is 12.7. The van der Waals surface area contributed by atoms with Crippen LogP contribution in [0.2, 0.25) is 0 Å². The minimum absolute atomic E-state index is 0.187. The lowest BCUT2D eigenvalue weighted by molar-refractivity contribution is 0.0367. The van der Waals surface area contributed by atoms with Crippen LogP contribution in [0.15, 0.2) is 10.8 Å². The third-order valence-corrected chi connectivity index (χ3v) is 2.13. The predicted molar refractivity (Wildman–Crippen MR) is 56.1 cm³/mol. The summed E-state index contributed by atoms with van der Waals surface area (Å²) in [6.07, 6.45) is 0.518. The molecule has 6 heteroatoms. The molecule has 0 fully saturated rings. The van der Waals surface area contributed by atoms with Gasteiger partial charge in [-0.1, -0.05) is 0 Å². The highest BCUT2D eigenvalue weighted by Gasteiger charge is 2.20. The Bertz CT molecular complexity index is 350. The number of amides is 1. The van der Waals surface area contributed by atoms with Gasteiger partial charge in [0, 0.05) is 20.7 Å². The summed E-state index contributed by atoms with van der Waals surface area (Å²) in [6.45, 7) is 2.07. The van der Waals surface area contributed by atoms with E-state index in [4.69, 9.17) is 9.15 Å².